The number of fused-ring (bicyclic) bond motifs is 1. The van der Waals surface area contributed by atoms with Crippen molar-refractivity contribution in [1.29, 1.82) is 0 Å². The number of benzene rings is 1. The second-order valence-corrected chi connectivity index (χ2v) is 2.57. The molecule has 2 N–H and O–H groups in total. The molecular weight excluding hydrogens is 166 g/mol. The molecular formula is C9H9N3O. The normalized spacial score (nSPS) is 14.6. The predicted octanol–water partition coefficient (Wildman–Crippen LogP) is 0.922. The third-order valence-electron chi connectivity index (χ3n) is 1.80. The molecule has 0 aliphatic rings. The SMILES string of the molecule is [2H]C([2H])([2H])NC(=O)c1n[nH]c2ccccc12. The van der Waals surface area contributed by atoms with Gasteiger partial charge in [-0.2, -0.15) is 5.10 Å². The van der Waals surface area contributed by atoms with Crippen LogP contribution in [0.5, 0.6) is 0 Å². The van der Waals surface area contributed by atoms with Gasteiger partial charge in [-0.1, -0.05) is 18.2 Å². The molecule has 0 aliphatic heterocycles. The largest absolute Gasteiger partial charge is 0.354 e. The number of nitrogens with one attached hydrogen (secondary N) is 2. The number of rotatable bonds is 1. The zero-order valence-electron chi connectivity index (χ0n) is 9.66. The lowest BCUT2D eigenvalue weighted by Gasteiger charge is -1.93. The van der Waals surface area contributed by atoms with Crippen LogP contribution >= 0.6 is 0 Å². The number of amides is 1. The van der Waals surface area contributed by atoms with Crippen molar-refractivity contribution in [2.45, 2.75) is 0 Å². The number of hydrogen-bond acceptors (Lipinski definition) is 2. The van der Waals surface area contributed by atoms with E-state index in [1.807, 2.05) is 5.32 Å². The highest BCUT2D eigenvalue weighted by molar-refractivity contribution is 6.04. The van der Waals surface area contributed by atoms with Crippen LogP contribution in [0.1, 0.15) is 14.6 Å². The summed E-state index contributed by atoms with van der Waals surface area (Å²) in [7, 11) is 0. The first kappa shape index (κ1) is 5.01. The van der Waals surface area contributed by atoms with E-state index in [2.05, 4.69) is 10.2 Å². The first-order chi connectivity index (χ1) is 7.47. The maximum Gasteiger partial charge on any atom is 0.272 e. The average Bonchev–Trinajstić information content (AvgIpc) is 2.58. The van der Waals surface area contributed by atoms with E-state index in [1.165, 1.54) is 0 Å². The Kier molecular flexibility index (Phi) is 1.12. The van der Waals surface area contributed by atoms with Gasteiger partial charge in [0.2, 0.25) is 0 Å². The van der Waals surface area contributed by atoms with Crippen LogP contribution in [-0.2, 0) is 0 Å². The van der Waals surface area contributed by atoms with E-state index in [-0.39, 0.29) is 5.69 Å². The summed E-state index contributed by atoms with van der Waals surface area (Å²) in [6, 6.07) is 7.01. The number of aromatic nitrogens is 2. The van der Waals surface area contributed by atoms with Gasteiger partial charge >= 0.3 is 0 Å². The standard InChI is InChI=1S/C9H9N3O/c1-10-9(13)8-6-4-2-3-5-7(6)11-12-8/h2-5H,1H3,(H,10,13)(H,11,12)/i1D3. The Labute approximate surface area is 79.2 Å². The van der Waals surface area contributed by atoms with Gasteiger partial charge in [-0.3, -0.25) is 9.89 Å². The number of nitrogens with zero attached hydrogens (tertiary/aromatic N) is 1. The minimum Gasteiger partial charge on any atom is -0.354 e. The Hall–Kier alpha value is -1.84. The number of para-hydroxylation sites is 1. The first-order valence-electron chi connectivity index (χ1n) is 5.23. The molecule has 0 spiro atoms. The molecule has 0 aliphatic carbocycles. The maximum atomic E-state index is 11.6. The highest BCUT2D eigenvalue weighted by Crippen LogP contribution is 2.14. The minimum absolute atomic E-state index is 0.0896. The summed E-state index contributed by atoms with van der Waals surface area (Å²) in [5.41, 5.74) is 0.782. The van der Waals surface area contributed by atoms with Crippen LogP contribution in [0.25, 0.3) is 10.9 Å². The van der Waals surface area contributed by atoms with Crippen molar-refractivity contribution in [2.75, 3.05) is 6.98 Å². The van der Waals surface area contributed by atoms with Crippen molar-refractivity contribution >= 4 is 16.8 Å². The van der Waals surface area contributed by atoms with E-state index in [0.717, 1.165) is 0 Å². The van der Waals surface area contributed by atoms with Gasteiger partial charge in [0.15, 0.2) is 5.69 Å². The van der Waals surface area contributed by atoms with Crippen molar-refractivity contribution in [3.05, 3.63) is 30.0 Å². The van der Waals surface area contributed by atoms with Crippen LogP contribution in [0.2, 0.25) is 0 Å². The Morgan fingerprint density at radius 1 is 1.62 bits per heavy atom. The van der Waals surface area contributed by atoms with Crippen molar-refractivity contribution in [3.8, 4) is 0 Å². The third kappa shape index (κ3) is 1.16. The van der Waals surface area contributed by atoms with Gasteiger partial charge in [0, 0.05) is 16.5 Å². The summed E-state index contributed by atoms with van der Waals surface area (Å²) in [5.74, 6) is -0.711. The van der Waals surface area contributed by atoms with Crippen LogP contribution in [0.3, 0.4) is 0 Å². The molecule has 1 heterocycles. The van der Waals surface area contributed by atoms with Crippen LogP contribution < -0.4 is 5.32 Å². The fraction of sp³-hybridized carbons (Fsp3) is 0.111. The van der Waals surface area contributed by atoms with Crippen LogP contribution in [0, 0.1) is 0 Å². The molecule has 1 aromatic carbocycles. The summed E-state index contributed by atoms with van der Waals surface area (Å²) in [6.45, 7) is -2.50. The number of hydrogen-bond donors (Lipinski definition) is 2. The predicted molar refractivity (Wildman–Crippen MR) is 49.5 cm³/mol. The van der Waals surface area contributed by atoms with Gasteiger partial charge in [-0.15, -0.1) is 0 Å². The van der Waals surface area contributed by atoms with E-state index in [9.17, 15) is 4.79 Å². The van der Waals surface area contributed by atoms with E-state index in [4.69, 9.17) is 4.11 Å². The van der Waals surface area contributed by atoms with E-state index in [0.29, 0.717) is 10.9 Å². The Morgan fingerprint density at radius 3 is 3.31 bits per heavy atom. The molecule has 0 saturated heterocycles. The molecule has 2 rings (SSSR count). The van der Waals surface area contributed by atoms with Crippen molar-refractivity contribution < 1.29 is 8.91 Å². The zero-order chi connectivity index (χ0) is 11.8. The van der Waals surface area contributed by atoms with Gasteiger partial charge in [0.25, 0.3) is 5.91 Å². The van der Waals surface area contributed by atoms with Gasteiger partial charge in [0.05, 0.1) is 5.52 Å². The molecule has 13 heavy (non-hydrogen) atoms. The van der Waals surface area contributed by atoms with Gasteiger partial charge in [-0.25, -0.2) is 0 Å². The smallest absolute Gasteiger partial charge is 0.272 e. The number of carbonyl (C=O) groups excluding carboxylic acids is 1. The van der Waals surface area contributed by atoms with E-state index < -0.39 is 12.9 Å². The summed E-state index contributed by atoms with van der Waals surface area (Å²) < 4.78 is 20.8. The molecule has 0 saturated carbocycles. The molecule has 0 atom stereocenters. The Bertz CT molecular complexity index is 532. The fourth-order valence-corrected chi connectivity index (χ4v) is 1.20. The topological polar surface area (TPSA) is 57.8 Å². The molecule has 66 valence electrons. The first-order valence-corrected chi connectivity index (χ1v) is 3.73. The lowest BCUT2D eigenvalue weighted by Crippen LogP contribution is -2.18. The van der Waals surface area contributed by atoms with Crippen LogP contribution in [0.15, 0.2) is 24.3 Å². The lowest BCUT2D eigenvalue weighted by molar-refractivity contribution is 0.0959. The second-order valence-electron chi connectivity index (χ2n) is 2.57. The third-order valence-corrected chi connectivity index (χ3v) is 1.80. The van der Waals surface area contributed by atoms with Gasteiger partial charge in [-0.05, 0) is 6.07 Å². The Morgan fingerprint density at radius 2 is 2.46 bits per heavy atom. The molecule has 4 nitrogen and oxygen atoms in total. The molecule has 4 heteroatoms. The van der Waals surface area contributed by atoms with E-state index in [1.54, 1.807) is 24.3 Å². The molecule has 0 bridgehead atoms. The minimum atomic E-state index is -2.50. The summed E-state index contributed by atoms with van der Waals surface area (Å²) >= 11 is 0. The quantitative estimate of drug-likeness (QED) is 0.682. The highest BCUT2D eigenvalue weighted by atomic mass is 16.1. The molecule has 0 radical (unpaired) electrons. The van der Waals surface area contributed by atoms with Gasteiger partial charge < -0.3 is 5.32 Å². The molecule has 2 aromatic rings. The van der Waals surface area contributed by atoms with Crippen LogP contribution in [-0.4, -0.2) is 23.1 Å². The van der Waals surface area contributed by atoms with Crippen molar-refractivity contribution in [3.63, 3.8) is 0 Å². The average molecular weight is 178 g/mol. The van der Waals surface area contributed by atoms with Crippen molar-refractivity contribution in [2.24, 2.45) is 0 Å². The van der Waals surface area contributed by atoms with Crippen molar-refractivity contribution in [1.82, 2.24) is 15.5 Å². The molecule has 0 unspecified atom stereocenters. The van der Waals surface area contributed by atoms with Gasteiger partial charge in [0.1, 0.15) is 0 Å². The zero-order valence-corrected chi connectivity index (χ0v) is 6.66. The molecule has 1 amide bonds. The van der Waals surface area contributed by atoms with Crippen LogP contribution in [0.4, 0.5) is 0 Å². The summed E-state index contributed by atoms with van der Waals surface area (Å²) in [5, 5.41) is 8.95. The number of aromatic amines is 1. The number of H-pyrrole nitrogens is 1. The molecule has 1 aromatic heterocycles. The summed E-state index contributed by atoms with van der Waals surface area (Å²) in [4.78, 5) is 11.6. The maximum absolute atomic E-state index is 11.6. The summed E-state index contributed by atoms with van der Waals surface area (Å²) in [6.07, 6.45) is 0. The highest BCUT2D eigenvalue weighted by Gasteiger charge is 2.10. The molecule has 0 fully saturated rings. The monoisotopic (exact) mass is 178 g/mol. The fourth-order valence-electron chi connectivity index (χ4n) is 1.20. The Balaban J connectivity index is 2.37. The number of carbonyl (C=O) groups is 1. The van der Waals surface area contributed by atoms with E-state index >= 15 is 0 Å². The lowest BCUT2D eigenvalue weighted by atomic mass is 10.2. The second kappa shape index (κ2) is 2.90.